The largest absolute Gasteiger partial charge is 2.00 e. The molecule has 0 aromatic carbocycles. The summed E-state index contributed by atoms with van der Waals surface area (Å²) in [4.78, 5) is 0. The van der Waals surface area contributed by atoms with Crippen molar-refractivity contribution in [3.63, 3.8) is 0 Å². The summed E-state index contributed by atoms with van der Waals surface area (Å²) in [5.74, 6) is 0. The molecule has 0 saturated heterocycles. The summed E-state index contributed by atoms with van der Waals surface area (Å²) in [6, 6.07) is 0. The Balaban J connectivity index is 0. The van der Waals surface area contributed by atoms with Gasteiger partial charge in [0.2, 0.25) is 0 Å². The third-order valence-corrected chi connectivity index (χ3v) is 0. The van der Waals surface area contributed by atoms with Crippen molar-refractivity contribution >= 4 is 48.9 Å². The van der Waals surface area contributed by atoms with Crippen LogP contribution in [-0.4, -0.2) is 48.9 Å². The van der Waals surface area contributed by atoms with Gasteiger partial charge in [0, 0.05) is 40.8 Å². The molecule has 0 unspecified atom stereocenters. The Kier molecular flexibility index (Phi) is 106. The first-order chi connectivity index (χ1) is 0. The maximum Gasteiger partial charge on any atom is 2.00 e. The zero-order valence-electron chi connectivity index (χ0n) is 3.92. The molecule has 1 nitrogen and oxygen atoms in total. The molecule has 4 heavy (non-hydrogen) atoms. The molecule has 0 spiro atoms. The summed E-state index contributed by atoms with van der Waals surface area (Å²) in [5, 5.41) is 0. The molecular weight excluding hydrogens is 361 g/mol. The Labute approximate surface area is 112 Å². The quantitative estimate of drug-likeness (QED) is 0.530. The molecule has 0 saturated carbocycles. The van der Waals surface area contributed by atoms with Crippen LogP contribution in [0.2, 0.25) is 0 Å². The molecule has 0 atom stereocenters. The first-order valence-corrected chi connectivity index (χ1v) is 0. The molecule has 0 heterocycles. The first kappa shape index (κ1) is 26.2. The molecule has 0 rings (SSSR count). The van der Waals surface area contributed by atoms with Crippen molar-refractivity contribution in [3.05, 3.63) is 0 Å². The van der Waals surface area contributed by atoms with E-state index in [-0.39, 0.29) is 115 Å². The van der Waals surface area contributed by atoms with Gasteiger partial charge in [-0.05, 0) is 0 Å². The van der Waals surface area contributed by atoms with Gasteiger partial charge >= 0.3 is 65.9 Å². The Morgan fingerprint density at radius 1 is 1.25 bits per heavy atom. The van der Waals surface area contributed by atoms with Gasteiger partial charge < -0.3 is 8.33 Å². The third kappa shape index (κ3) is 9.04. The van der Waals surface area contributed by atoms with E-state index < -0.39 is 0 Å². The molecule has 0 amide bonds. The van der Waals surface area contributed by atoms with Gasteiger partial charge in [0.1, 0.15) is 0 Å². The second kappa shape index (κ2) is 16.1. The Bertz CT molecular complexity index is 13.5. The second-order valence-corrected chi connectivity index (χ2v) is 0. The SMILES string of the molecule is [Ba+2].[Cu+2].[H-].[H-].[Nd].[O-2]. The molecule has 0 aromatic heterocycles. The fourth-order valence-electron chi connectivity index (χ4n) is 0. The van der Waals surface area contributed by atoms with E-state index >= 15 is 0 Å². The smallest absolute Gasteiger partial charge is 2.00 e. The maximum absolute atomic E-state index is 0. The summed E-state index contributed by atoms with van der Waals surface area (Å²) in [6.07, 6.45) is 0. The van der Waals surface area contributed by atoms with Crippen LogP contribution in [0.4, 0.5) is 0 Å². The summed E-state index contributed by atoms with van der Waals surface area (Å²) >= 11 is 0. The van der Waals surface area contributed by atoms with E-state index in [0.717, 1.165) is 0 Å². The average molecular weight is 363 g/mol. The minimum atomic E-state index is 0. The molecule has 0 fully saturated rings. The van der Waals surface area contributed by atoms with Crippen molar-refractivity contribution in [1.29, 1.82) is 0 Å². The Morgan fingerprint density at radius 3 is 1.25 bits per heavy atom. The van der Waals surface area contributed by atoms with Crippen LogP contribution in [0.25, 0.3) is 0 Å². The molecule has 0 aliphatic heterocycles. The number of rotatable bonds is 0. The van der Waals surface area contributed by atoms with Gasteiger partial charge in [0.15, 0.2) is 0 Å². The Hall–Kier alpha value is 3.40. The number of hydrogen-bond acceptors (Lipinski definition) is 0. The van der Waals surface area contributed by atoms with Crippen LogP contribution in [0.5, 0.6) is 0 Å². The van der Waals surface area contributed by atoms with Crippen molar-refractivity contribution in [3.8, 4) is 0 Å². The van der Waals surface area contributed by atoms with Crippen molar-refractivity contribution in [2.45, 2.75) is 0 Å². The molecule has 0 N–H and O–H groups in total. The van der Waals surface area contributed by atoms with Gasteiger partial charge in [0.05, 0.1) is 0 Å². The second-order valence-electron chi connectivity index (χ2n) is 0. The molecule has 1 radical (unpaired) electrons. The van der Waals surface area contributed by atoms with Gasteiger partial charge in [-0.25, -0.2) is 0 Å². The van der Waals surface area contributed by atoms with Crippen LogP contribution in [0, 0.1) is 40.8 Å². The Morgan fingerprint density at radius 2 is 1.25 bits per heavy atom. The monoisotopic (exact) mass is 361 g/mol. The van der Waals surface area contributed by atoms with Gasteiger partial charge in [0.25, 0.3) is 0 Å². The van der Waals surface area contributed by atoms with Gasteiger partial charge in [-0.15, -0.1) is 0 Å². The van der Waals surface area contributed by atoms with E-state index in [1.807, 2.05) is 0 Å². The van der Waals surface area contributed by atoms with Crippen LogP contribution in [-0.2, 0) is 22.5 Å². The molecule has 0 aliphatic rings. The van der Waals surface area contributed by atoms with E-state index in [1.54, 1.807) is 0 Å². The fraction of sp³-hybridized carbons (Fsp3) is 0. The van der Waals surface area contributed by atoms with Crippen LogP contribution in [0.1, 0.15) is 2.85 Å². The van der Waals surface area contributed by atoms with Crippen LogP contribution >= 0.6 is 0 Å². The van der Waals surface area contributed by atoms with Crippen LogP contribution < -0.4 is 0 Å². The average Bonchev–Trinajstić information content (AvgIpc) is 0. The predicted molar refractivity (Wildman–Crippen MR) is 8.66 cm³/mol. The van der Waals surface area contributed by atoms with Crippen molar-refractivity contribution < 1.29 is 66.2 Å². The predicted octanol–water partition coefficient (Wildman–Crippen LogP) is -0.277. The van der Waals surface area contributed by atoms with Gasteiger partial charge in [-0.2, -0.15) is 0 Å². The minimum absolute atomic E-state index is 0. The summed E-state index contributed by atoms with van der Waals surface area (Å²) in [7, 11) is 0. The summed E-state index contributed by atoms with van der Waals surface area (Å²) < 4.78 is 0. The molecular formula is H2BaCuNdO. The van der Waals surface area contributed by atoms with Crippen molar-refractivity contribution in [2.24, 2.45) is 0 Å². The summed E-state index contributed by atoms with van der Waals surface area (Å²) in [5.41, 5.74) is 0. The van der Waals surface area contributed by atoms with E-state index in [1.165, 1.54) is 0 Å². The number of hydrogen-bond donors (Lipinski definition) is 0. The van der Waals surface area contributed by atoms with E-state index in [2.05, 4.69) is 0 Å². The zero-order chi connectivity index (χ0) is 0. The molecule has 0 bridgehead atoms. The molecule has 0 aromatic rings. The normalized spacial score (nSPS) is 0. The molecule has 0 aliphatic carbocycles. The zero-order valence-corrected chi connectivity index (χ0v) is 10.5. The molecule has 25 valence electrons. The van der Waals surface area contributed by atoms with Crippen LogP contribution in [0.15, 0.2) is 0 Å². The fourth-order valence-corrected chi connectivity index (χ4v) is 0. The van der Waals surface area contributed by atoms with E-state index in [4.69, 9.17) is 0 Å². The standard InChI is InChI=1S/Ba.Cu.Nd.O.2H/q2*+2;;-2;2*-1. The van der Waals surface area contributed by atoms with E-state index in [0.29, 0.717) is 0 Å². The van der Waals surface area contributed by atoms with Gasteiger partial charge in [-0.1, -0.05) is 0 Å². The van der Waals surface area contributed by atoms with Gasteiger partial charge in [-0.3, -0.25) is 0 Å². The summed E-state index contributed by atoms with van der Waals surface area (Å²) in [6.45, 7) is 0. The van der Waals surface area contributed by atoms with E-state index in [9.17, 15) is 0 Å². The van der Waals surface area contributed by atoms with Crippen LogP contribution in [0.3, 0.4) is 0 Å². The maximum atomic E-state index is 0. The van der Waals surface area contributed by atoms with Crippen molar-refractivity contribution in [1.82, 2.24) is 0 Å². The first-order valence-electron chi connectivity index (χ1n) is 0. The molecule has 4 heteroatoms. The third-order valence-electron chi connectivity index (χ3n) is 0. The minimum Gasteiger partial charge on any atom is -2.00 e. The van der Waals surface area contributed by atoms with Crippen molar-refractivity contribution in [2.75, 3.05) is 0 Å². The topological polar surface area (TPSA) is 28.5 Å².